The average molecular weight is 242 g/mol. The van der Waals surface area contributed by atoms with Gasteiger partial charge in [-0.1, -0.05) is 12.1 Å². The van der Waals surface area contributed by atoms with E-state index in [-0.39, 0.29) is 17.2 Å². The van der Waals surface area contributed by atoms with Crippen LogP contribution in [0.5, 0.6) is 5.75 Å². The molecule has 0 saturated carbocycles. The van der Waals surface area contributed by atoms with Crippen molar-refractivity contribution >= 4 is 17.3 Å². The summed E-state index contributed by atoms with van der Waals surface area (Å²) >= 11 is 0. The molecule has 2 aromatic rings. The van der Waals surface area contributed by atoms with Crippen molar-refractivity contribution in [1.29, 1.82) is 0 Å². The zero-order chi connectivity index (χ0) is 13.1. The zero-order valence-electron chi connectivity index (χ0n) is 9.97. The molecule has 18 heavy (non-hydrogen) atoms. The van der Waals surface area contributed by atoms with E-state index in [1.54, 1.807) is 42.5 Å². The molecule has 0 atom stereocenters. The molecule has 1 amide bonds. The van der Waals surface area contributed by atoms with Crippen molar-refractivity contribution in [1.82, 2.24) is 0 Å². The molecule has 4 N–H and O–H groups in total. The van der Waals surface area contributed by atoms with Crippen molar-refractivity contribution in [3.8, 4) is 5.75 Å². The van der Waals surface area contributed by atoms with Crippen LogP contribution in [0, 0.1) is 6.92 Å². The van der Waals surface area contributed by atoms with Gasteiger partial charge < -0.3 is 16.2 Å². The predicted molar refractivity (Wildman–Crippen MR) is 71.7 cm³/mol. The Morgan fingerprint density at radius 2 is 2.00 bits per heavy atom. The van der Waals surface area contributed by atoms with E-state index in [4.69, 9.17) is 5.73 Å². The van der Waals surface area contributed by atoms with Crippen molar-refractivity contribution < 1.29 is 9.90 Å². The molecule has 0 aromatic heterocycles. The summed E-state index contributed by atoms with van der Waals surface area (Å²) in [6.45, 7) is 1.85. The number of phenolic OH excluding ortho intramolecular Hbond substituents is 1. The number of carbonyl (C=O) groups excluding carboxylic acids is 1. The van der Waals surface area contributed by atoms with Crippen LogP contribution in [0.1, 0.15) is 15.9 Å². The third kappa shape index (κ3) is 2.60. The van der Waals surface area contributed by atoms with Gasteiger partial charge in [0.2, 0.25) is 0 Å². The molecule has 0 aliphatic heterocycles. The van der Waals surface area contributed by atoms with Crippen molar-refractivity contribution in [2.45, 2.75) is 6.92 Å². The third-order valence-corrected chi connectivity index (χ3v) is 2.54. The van der Waals surface area contributed by atoms with Gasteiger partial charge in [-0.05, 0) is 42.8 Å². The van der Waals surface area contributed by atoms with E-state index in [9.17, 15) is 9.90 Å². The lowest BCUT2D eigenvalue weighted by atomic mass is 10.1. The number of carbonyl (C=O) groups is 1. The molecule has 2 rings (SSSR count). The number of anilines is 2. The SMILES string of the molecule is Cc1ccc(C(=O)Nc2cccc(N)c2)c(O)c1. The van der Waals surface area contributed by atoms with Gasteiger partial charge in [0.05, 0.1) is 5.56 Å². The van der Waals surface area contributed by atoms with Gasteiger partial charge in [0.1, 0.15) is 5.75 Å². The van der Waals surface area contributed by atoms with Crippen LogP contribution in [0.4, 0.5) is 11.4 Å². The van der Waals surface area contributed by atoms with Gasteiger partial charge in [-0.25, -0.2) is 0 Å². The highest BCUT2D eigenvalue weighted by atomic mass is 16.3. The first-order valence-corrected chi connectivity index (χ1v) is 5.53. The topological polar surface area (TPSA) is 75.4 Å². The fourth-order valence-corrected chi connectivity index (χ4v) is 1.65. The first-order valence-electron chi connectivity index (χ1n) is 5.53. The number of amides is 1. The van der Waals surface area contributed by atoms with Crippen LogP contribution in [0.2, 0.25) is 0 Å². The number of hydrogen-bond acceptors (Lipinski definition) is 3. The maximum Gasteiger partial charge on any atom is 0.259 e. The lowest BCUT2D eigenvalue weighted by molar-refractivity contribution is 0.102. The first kappa shape index (κ1) is 12.0. The van der Waals surface area contributed by atoms with Crippen molar-refractivity contribution in [3.63, 3.8) is 0 Å². The summed E-state index contributed by atoms with van der Waals surface area (Å²) in [6.07, 6.45) is 0. The summed E-state index contributed by atoms with van der Waals surface area (Å²) in [4.78, 5) is 11.9. The van der Waals surface area contributed by atoms with Gasteiger partial charge in [-0.15, -0.1) is 0 Å². The number of phenols is 1. The standard InChI is InChI=1S/C14H14N2O2/c1-9-5-6-12(13(17)7-9)14(18)16-11-4-2-3-10(15)8-11/h2-8,17H,15H2,1H3,(H,16,18). The Morgan fingerprint density at radius 3 is 2.67 bits per heavy atom. The van der Waals surface area contributed by atoms with Crippen molar-refractivity contribution in [2.24, 2.45) is 0 Å². The van der Waals surface area contributed by atoms with E-state index in [1.165, 1.54) is 0 Å². The smallest absolute Gasteiger partial charge is 0.259 e. The number of rotatable bonds is 2. The fourth-order valence-electron chi connectivity index (χ4n) is 1.65. The second kappa shape index (κ2) is 4.79. The monoisotopic (exact) mass is 242 g/mol. The molecule has 0 aliphatic rings. The molecule has 0 fully saturated rings. The lowest BCUT2D eigenvalue weighted by Crippen LogP contribution is -2.12. The van der Waals surface area contributed by atoms with Crippen LogP contribution in [0.3, 0.4) is 0 Å². The van der Waals surface area contributed by atoms with Crippen LogP contribution in [0.15, 0.2) is 42.5 Å². The normalized spacial score (nSPS) is 10.1. The molecule has 0 spiro atoms. The second-order valence-corrected chi connectivity index (χ2v) is 4.10. The molecular formula is C14H14N2O2. The Hall–Kier alpha value is -2.49. The average Bonchev–Trinajstić information content (AvgIpc) is 2.28. The fraction of sp³-hybridized carbons (Fsp3) is 0.0714. The van der Waals surface area contributed by atoms with Gasteiger partial charge in [0.25, 0.3) is 5.91 Å². The van der Waals surface area contributed by atoms with Crippen LogP contribution in [-0.4, -0.2) is 11.0 Å². The molecule has 0 radical (unpaired) electrons. The summed E-state index contributed by atoms with van der Waals surface area (Å²) in [5, 5.41) is 12.4. The molecule has 0 heterocycles. The lowest BCUT2D eigenvalue weighted by Gasteiger charge is -2.07. The van der Waals surface area contributed by atoms with Gasteiger partial charge in [0, 0.05) is 11.4 Å². The van der Waals surface area contributed by atoms with Crippen LogP contribution in [0.25, 0.3) is 0 Å². The molecular weight excluding hydrogens is 228 g/mol. The van der Waals surface area contributed by atoms with Crippen LogP contribution in [-0.2, 0) is 0 Å². The van der Waals surface area contributed by atoms with E-state index in [0.717, 1.165) is 5.56 Å². The largest absolute Gasteiger partial charge is 0.507 e. The van der Waals surface area contributed by atoms with E-state index in [2.05, 4.69) is 5.32 Å². The van der Waals surface area contributed by atoms with Crippen molar-refractivity contribution in [3.05, 3.63) is 53.6 Å². The first-order chi connectivity index (χ1) is 8.56. The highest BCUT2D eigenvalue weighted by Crippen LogP contribution is 2.20. The number of nitrogens with two attached hydrogens (primary N) is 1. The minimum absolute atomic E-state index is 0.0311. The number of hydrogen-bond donors (Lipinski definition) is 3. The predicted octanol–water partition coefficient (Wildman–Crippen LogP) is 2.54. The minimum atomic E-state index is -0.363. The van der Waals surface area contributed by atoms with E-state index in [1.807, 2.05) is 6.92 Å². The second-order valence-electron chi connectivity index (χ2n) is 4.10. The summed E-state index contributed by atoms with van der Waals surface area (Å²) in [7, 11) is 0. The van der Waals surface area contributed by atoms with Crippen LogP contribution < -0.4 is 11.1 Å². The Bertz CT molecular complexity index is 594. The van der Waals surface area contributed by atoms with E-state index >= 15 is 0 Å². The highest BCUT2D eigenvalue weighted by Gasteiger charge is 2.11. The van der Waals surface area contributed by atoms with Gasteiger partial charge in [-0.2, -0.15) is 0 Å². The van der Waals surface area contributed by atoms with E-state index in [0.29, 0.717) is 11.4 Å². The third-order valence-electron chi connectivity index (χ3n) is 2.54. The molecule has 92 valence electrons. The number of nitrogen functional groups attached to an aromatic ring is 1. The number of benzene rings is 2. The van der Waals surface area contributed by atoms with Crippen LogP contribution >= 0.6 is 0 Å². The summed E-state index contributed by atoms with van der Waals surface area (Å²) in [5.74, 6) is -0.394. The molecule has 0 aliphatic carbocycles. The zero-order valence-corrected chi connectivity index (χ0v) is 9.97. The van der Waals surface area contributed by atoms with Crippen molar-refractivity contribution in [2.75, 3.05) is 11.1 Å². The number of aromatic hydroxyl groups is 1. The Kier molecular flexibility index (Phi) is 3.19. The molecule has 2 aromatic carbocycles. The number of nitrogens with one attached hydrogen (secondary N) is 1. The molecule has 4 nitrogen and oxygen atoms in total. The Balaban J connectivity index is 2.22. The maximum atomic E-state index is 11.9. The molecule has 0 bridgehead atoms. The minimum Gasteiger partial charge on any atom is -0.507 e. The molecule has 0 saturated heterocycles. The Morgan fingerprint density at radius 1 is 1.22 bits per heavy atom. The summed E-state index contributed by atoms with van der Waals surface area (Å²) < 4.78 is 0. The van der Waals surface area contributed by atoms with Gasteiger partial charge >= 0.3 is 0 Å². The maximum absolute atomic E-state index is 11.9. The highest BCUT2D eigenvalue weighted by molar-refractivity contribution is 6.06. The quantitative estimate of drug-likeness (QED) is 0.708. The van der Waals surface area contributed by atoms with E-state index < -0.39 is 0 Å². The number of aryl methyl sites for hydroxylation is 1. The Labute approximate surface area is 105 Å². The molecule has 0 unspecified atom stereocenters. The van der Waals surface area contributed by atoms with Gasteiger partial charge in [0.15, 0.2) is 0 Å². The summed E-state index contributed by atoms with van der Waals surface area (Å²) in [5.41, 5.74) is 7.92. The summed E-state index contributed by atoms with van der Waals surface area (Å²) in [6, 6.07) is 11.8. The molecule has 4 heteroatoms. The van der Waals surface area contributed by atoms with Gasteiger partial charge in [-0.3, -0.25) is 4.79 Å².